The van der Waals surface area contributed by atoms with E-state index in [0.29, 0.717) is 10.6 Å². The molecule has 0 spiro atoms. The molecule has 1 heterocycles. The first-order valence-electron chi connectivity index (χ1n) is 7.59. The fourth-order valence-electron chi connectivity index (χ4n) is 2.16. The van der Waals surface area contributed by atoms with Crippen molar-refractivity contribution in [2.24, 2.45) is 0 Å². The van der Waals surface area contributed by atoms with Crippen LogP contribution in [0.1, 0.15) is 16.8 Å². The average molecular weight is 415 g/mol. The fraction of sp³-hybridized carbons (Fsp3) is 0.167. The molecular weight excluding hydrogens is 401 g/mol. The Balaban J connectivity index is 1.64. The Kier molecular flexibility index (Phi) is 5.79. The van der Waals surface area contributed by atoms with Crippen molar-refractivity contribution in [2.45, 2.75) is 23.7 Å². The summed E-state index contributed by atoms with van der Waals surface area (Å²) in [7, 11) is 0. The van der Waals surface area contributed by atoms with Gasteiger partial charge in [-0.15, -0.1) is 23.1 Å². The Morgan fingerprint density at radius 2 is 1.88 bits per heavy atom. The summed E-state index contributed by atoms with van der Waals surface area (Å²) in [6, 6.07) is 11.9. The molecule has 3 aromatic rings. The first-order valence-corrected chi connectivity index (χ1v) is 9.83. The minimum Gasteiger partial charge on any atom is -0.332 e. The van der Waals surface area contributed by atoms with Crippen molar-refractivity contribution in [1.29, 1.82) is 0 Å². The van der Waals surface area contributed by atoms with Gasteiger partial charge in [-0.3, -0.25) is 0 Å². The third kappa shape index (κ3) is 4.93. The van der Waals surface area contributed by atoms with E-state index in [2.05, 4.69) is 10.3 Å². The minimum atomic E-state index is -4.46. The smallest absolute Gasteiger partial charge is 0.332 e. The molecule has 0 saturated heterocycles. The zero-order valence-electron chi connectivity index (χ0n) is 13.6. The number of rotatable bonds is 5. The number of nitrogens with zero attached hydrogens (tertiary/aromatic N) is 1. The lowest BCUT2D eigenvalue weighted by atomic mass is 10.2. The zero-order valence-corrected chi connectivity index (χ0v) is 16.0. The molecule has 3 rings (SSSR count). The first kappa shape index (κ1) is 19.1. The number of benzene rings is 2. The number of anilines is 2. The highest BCUT2D eigenvalue weighted by Gasteiger charge is 2.33. The van der Waals surface area contributed by atoms with Crippen LogP contribution >= 0.6 is 34.7 Å². The second-order valence-electron chi connectivity index (χ2n) is 5.56. The van der Waals surface area contributed by atoms with Crippen LogP contribution in [0.5, 0.6) is 0 Å². The number of alkyl halides is 3. The highest BCUT2D eigenvalue weighted by atomic mass is 35.5. The molecule has 0 aliphatic heterocycles. The van der Waals surface area contributed by atoms with Crippen LogP contribution in [0.3, 0.4) is 0 Å². The number of hydrogen-bond donors (Lipinski definition) is 1. The van der Waals surface area contributed by atoms with Gasteiger partial charge in [0.25, 0.3) is 0 Å². The Bertz CT molecular complexity index is 892. The molecule has 0 unspecified atom stereocenters. The van der Waals surface area contributed by atoms with Crippen LogP contribution in [0.15, 0.2) is 52.7 Å². The molecule has 26 heavy (non-hydrogen) atoms. The molecule has 1 N–H and O–H groups in total. The van der Waals surface area contributed by atoms with E-state index < -0.39 is 11.7 Å². The fourth-order valence-corrected chi connectivity index (χ4v) is 4.05. The highest BCUT2D eigenvalue weighted by molar-refractivity contribution is 7.98. The van der Waals surface area contributed by atoms with Crippen LogP contribution in [0.25, 0.3) is 0 Å². The van der Waals surface area contributed by atoms with Crippen LogP contribution in [0.4, 0.5) is 24.0 Å². The number of halogens is 4. The van der Waals surface area contributed by atoms with E-state index in [1.165, 1.54) is 34.7 Å². The normalized spacial score (nSPS) is 11.6. The Morgan fingerprint density at radius 1 is 1.15 bits per heavy atom. The number of thiazole rings is 1. The largest absolute Gasteiger partial charge is 0.417 e. The van der Waals surface area contributed by atoms with E-state index in [9.17, 15) is 13.2 Å². The molecule has 0 atom stereocenters. The molecule has 0 aliphatic carbocycles. The van der Waals surface area contributed by atoms with Crippen LogP contribution in [0.2, 0.25) is 5.02 Å². The van der Waals surface area contributed by atoms with Crippen molar-refractivity contribution in [3.05, 3.63) is 69.7 Å². The van der Waals surface area contributed by atoms with Crippen molar-refractivity contribution in [3.63, 3.8) is 0 Å². The van der Waals surface area contributed by atoms with Gasteiger partial charge < -0.3 is 5.32 Å². The average Bonchev–Trinajstić information content (AvgIpc) is 3.03. The quantitative estimate of drug-likeness (QED) is 0.448. The molecular formula is C18H14ClF3N2S2. The Hall–Kier alpha value is -1.70. The lowest BCUT2D eigenvalue weighted by molar-refractivity contribution is -0.137. The van der Waals surface area contributed by atoms with E-state index >= 15 is 0 Å². The summed E-state index contributed by atoms with van der Waals surface area (Å²) < 4.78 is 38.7. The molecule has 136 valence electrons. The number of aryl methyl sites for hydroxylation is 1. The lowest BCUT2D eigenvalue weighted by Crippen LogP contribution is -2.05. The summed E-state index contributed by atoms with van der Waals surface area (Å²) in [5.74, 6) is 0.477. The summed E-state index contributed by atoms with van der Waals surface area (Å²) >= 11 is 8.39. The predicted molar refractivity (Wildman–Crippen MR) is 103 cm³/mol. The third-order valence-electron chi connectivity index (χ3n) is 3.48. The predicted octanol–water partition coefficient (Wildman–Crippen LogP) is 7.16. The van der Waals surface area contributed by atoms with Crippen LogP contribution in [0, 0.1) is 6.92 Å². The van der Waals surface area contributed by atoms with Gasteiger partial charge in [0.2, 0.25) is 0 Å². The zero-order chi connectivity index (χ0) is 18.7. The van der Waals surface area contributed by atoms with Gasteiger partial charge in [0.15, 0.2) is 5.13 Å². The van der Waals surface area contributed by atoms with E-state index in [-0.39, 0.29) is 5.02 Å². The van der Waals surface area contributed by atoms with Gasteiger partial charge in [0.05, 0.1) is 16.3 Å². The monoisotopic (exact) mass is 414 g/mol. The lowest BCUT2D eigenvalue weighted by Gasteiger charge is -2.10. The van der Waals surface area contributed by atoms with Gasteiger partial charge in [-0.25, -0.2) is 4.98 Å². The number of aromatic nitrogens is 1. The molecule has 0 bridgehead atoms. The molecule has 0 amide bonds. The van der Waals surface area contributed by atoms with E-state index in [1.807, 2.05) is 36.6 Å². The first-order chi connectivity index (χ1) is 12.3. The van der Waals surface area contributed by atoms with Gasteiger partial charge in [0.1, 0.15) is 0 Å². The molecule has 0 fully saturated rings. The summed E-state index contributed by atoms with van der Waals surface area (Å²) in [6.07, 6.45) is -4.46. The van der Waals surface area contributed by atoms with Crippen molar-refractivity contribution in [1.82, 2.24) is 4.98 Å². The van der Waals surface area contributed by atoms with Gasteiger partial charge in [-0.05, 0) is 37.3 Å². The molecule has 0 radical (unpaired) electrons. The summed E-state index contributed by atoms with van der Waals surface area (Å²) in [4.78, 5) is 4.97. The minimum absolute atomic E-state index is 0.292. The van der Waals surface area contributed by atoms with Crippen LogP contribution in [-0.2, 0) is 11.9 Å². The molecule has 0 saturated carbocycles. The van der Waals surface area contributed by atoms with Crippen LogP contribution in [-0.4, -0.2) is 4.98 Å². The van der Waals surface area contributed by atoms with E-state index in [4.69, 9.17) is 11.6 Å². The maximum atomic E-state index is 12.9. The standard InChI is InChI=1S/C18H14ClF3N2S2/c1-11-2-4-12(5-3-11)23-17-24-13(10-26-17)9-25-14-6-7-16(19)15(8-14)18(20,21)22/h2-8,10H,9H2,1H3,(H,23,24). The molecule has 0 aliphatic rings. The Labute approximate surface area is 162 Å². The maximum absolute atomic E-state index is 12.9. The van der Waals surface area contributed by atoms with E-state index in [1.54, 1.807) is 6.07 Å². The SMILES string of the molecule is Cc1ccc(Nc2nc(CSc3ccc(Cl)c(C(F)(F)F)c3)cs2)cc1. The maximum Gasteiger partial charge on any atom is 0.417 e. The molecule has 2 aromatic carbocycles. The van der Waals surface area contributed by atoms with Crippen molar-refractivity contribution >= 4 is 45.5 Å². The number of nitrogens with one attached hydrogen (secondary N) is 1. The highest BCUT2D eigenvalue weighted by Crippen LogP contribution is 2.37. The summed E-state index contributed by atoms with van der Waals surface area (Å²) in [6.45, 7) is 2.02. The van der Waals surface area contributed by atoms with Gasteiger partial charge >= 0.3 is 6.18 Å². The number of hydrogen-bond acceptors (Lipinski definition) is 4. The molecule has 2 nitrogen and oxygen atoms in total. The molecule has 8 heteroatoms. The second-order valence-corrected chi connectivity index (χ2v) is 7.88. The van der Waals surface area contributed by atoms with Gasteiger partial charge in [-0.1, -0.05) is 29.3 Å². The molecule has 1 aromatic heterocycles. The summed E-state index contributed by atoms with van der Waals surface area (Å²) in [5.41, 5.74) is 2.10. The van der Waals surface area contributed by atoms with Gasteiger partial charge in [0, 0.05) is 21.7 Å². The number of thioether (sulfide) groups is 1. The van der Waals surface area contributed by atoms with Crippen molar-refractivity contribution in [3.8, 4) is 0 Å². The van der Waals surface area contributed by atoms with Gasteiger partial charge in [-0.2, -0.15) is 13.2 Å². The van der Waals surface area contributed by atoms with Crippen LogP contribution < -0.4 is 5.32 Å². The van der Waals surface area contributed by atoms with E-state index in [0.717, 1.165) is 22.6 Å². The van der Waals surface area contributed by atoms with Crippen molar-refractivity contribution < 1.29 is 13.2 Å². The van der Waals surface area contributed by atoms with Crippen molar-refractivity contribution in [2.75, 3.05) is 5.32 Å². The topological polar surface area (TPSA) is 24.9 Å². The second kappa shape index (κ2) is 7.90. The third-order valence-corrected chi connectivity index (χ3v) is 5.65. The Morgan fingerprint density at radius 3 is 2.58 bits per heavy atom. The summed E-state index contributed by atoms with van der Waals surface area (Å²) in [5, 5.41) is 5.57.